The third kappa shape index (κ3) is 2.77. The first-order valence-electron chi connectivity index (χ1n) is 6.26. The van der Waals surface area contributed by atoms with E-state index in [1.54, 1.807) is 24.0 Å². The summed E-state index contributed by atoms with van der Waals surface area (Å²) in [6.45, 7) is 2.60. The summed E-state index contributed by atoms with van der Waals surface area (Å²) in [4.78, 5) is 23.9. The standard InChI is InChI=1S/C13H15BrN2O4/c1-13(12(17)18)5-2-6-15(8-13)10-4-3-9(14)7-11(10)16(19)20/h3-4,7H,2,5-6,8H2,1H3,(H,17,18). The van der Waals surface area contributed by atoms with Crippen LogP contribution >= 0.6 is 15.9 Å². The summed E-state index contributed by atoms with van der Waals surface area (Å²) in [5.41, 5.74) is -0.390. The molecule has 1 aromatic rings. The Hall–Kier alpha value is -1.63. The van der Waals surface area contributed by atoms with Gasteiger partial charge in [-0.25, -0.2) is 0 Å². The van der Waals surface area contributed by atoms with Gasteiger partial charge in [-0.3, -0.25) is 14.9 Å². The number of rotatable bonds is 3. The van der Waals surface area contributed by atoms with Gasteiger partial charge in [-0.2, -0.15) is 0 Å². The second-order valence-electron chi connectivity index (χ2n) is 5.28. The first-order chi connectivity index (χ1) is 9.33. The van der Waals surface area contributed by atoms with Crippen LogP contribution in [0.2, 0.25) is 0 Å². The van der Waals surface area contributed by atoms with E-state index in [0.29, 0.717) is 29.5 Å². The number of anilines is 1. The summed E-state index contributed by atoms with van der Waals surface area (Å²) in [6.07, 6.45) is 1.29. The van der Waals surface area contributed by atoms with Crippen LogP contribution in [-0.2, 0) is 4.79 Å². The lowest BCUT2D eigenvalue weighted by Crippen LogP contribution is -2.46. The largest absolute Gasteiger partial charge is 0.481 e. The Balaban J connectivity index is 2.37. The number of halogens is 1. The number of hydrogen-bond donors (Lipinski definition) is 1. The molecule has 2 rings (SSSR count). The molecule has 1 N–H and O–H groups in total. The molecule has 1 unspecified atom stereocenters. The average Bonchev–Trinajstić information content (AvgIpc) is 2.38. The van der Waals surface area contributed by atoms with Crippen LogP contribution in [0.5, 0.6) is 0 Å². The minimum atomic E-state index is -0.862. The minimum Gasteiger partial charge on any atom is -0.481 e. The van der Waals surface area contributed by atoms with E-state index in [-0.39, 0.29) is 12.2 Å². The fourth-order valence-corrected chi connectivity index (χ4v) is 2.88. The van der Waals surface area contributed by atoms with E-state index in [0.717, 1.165) is 0 Å². The molecule has 6 nitrogen and oxygen atoms in total. The van der Waals surface area contributed by atoms with E-state index in [9.17, 15) is 20.0 Å². The quantitative estimate of drug-likeness (QED) is 0.674. The van der Waals surface area contributed by atoms with Crippen LogP contribution in [0, 0.1) is 15.5 Å². The first-order valence-corrected chi connectivity index (χ1v) is 7.05. The topological polar surface area (TPSA) is 83.7 Å². The molecule has 7 heteroatoms. The minimum absolute atomic E-state index is 0.00554. The Labute approximate surface area is 124 Å². The van der Waals surface area contributed by atoms with Crippen molar-refractivity contribution in [1.82, 2.24) is 0 Å². The zero-order chi connectivity index (χ0) is 14.9. The van der Waals surface area contributed by atoms with Crippen molar-refractivity contribution in [3.63, 3.8) is 0 Å². The highest BCUT2D eigenvalue weighted by Crippen LogP contribution is 2.37. The number of nitro benzene ring substituents is 1. The molecule has 1 saturated heterocycles. The number of nitrogens with zero attached hydrogens (tertiary/aromatic N) is 2. The van der Waals surface area contributed by atoms with Crippen molar-refractivity contribution in [2.75, 3.05) is 18.0 Å². The highest BCUT2D eigenvalue weighted by Gasteiger charge is 2.39. The monoisotopic (exact) mass is 342 g/mol. The summed E-state index contributed by atoms with van der Waals surface area (Å²) < 4.78 is 0.631. The molecule has 0 bridgehead atoms. The van der Waals surface area contributed by atoms with Crippen LogP contribution in [-0.4, -0.2) is 29.1 Å². The highest BCUT2D eigenvalue weighted by molar-refractivity contribution is 9.10. The fourth-order valence-electron chi connectivity index (χ4n) is 2.53. The summed E-state index contributed by atoms with van der Waals surface area (Å²) >= 11 is 3.22. The van der Waals surface area contributed by atoms with Crippen LogP contribution in [0.1, 0.15) is 19.8 Å². The molecule has 0 aromatic heterocycles. The van der Waals surface area contributed by atoms with Gasteiger partial charge in [-0.1, -0.05) is 15.9 Å². The van der Waals surface area contributed by atoms with Crippen molar-refractivity contribution in [2.45, 2.75) is 19.8 Å². The molecule has 20 heavy (non-hydrogen) atoms. The van der Waals surface area contributed by atoms with E-state index >= 15 is 0 Å². The smallest absolute Gasteiger partial charge is 0.311 e. The van der Waals surface area contributed by atoms with Gasteiger partial charge in [0.15, 0.2) is 0 Å². The maximum Gasteiger partial charge on any atom is 0.311 e. The van der Waals surface area contributed by atoms with Gasteiger partial charge in [0.1, 0.15) is 5.69 Å². The van der Waals surface area contributed by atoms with Gasteiger partial charge in [-0.15, -0.1) is 0 Å². The maximum atomic E-state index is 11.4. The number of piperidine rings is 1. The van der Waals surface area contributed by atoms with Crippen LogP contribution in [0.25, 0.3) is 0 Å². The predicted molar refractivity (Wildman–Crippen MR) is 78.0 cm³/mol. The Morgan fingerprint density at radius 3 is 2.85 bits per heavy atom. The van der Waals surface area contributed by atoms with Gasteiger partial charge < -0.3 is 10.0 Å². The third-order valence-corrected chi connectivity index (χ3v) is 4.18. The van der Waals surface area contributed by atoms with Gasteiger partial charge in [0.05, 0.1) is 10.3 Å². The lowest BCUT2D eigenvalue weighted by Gasteiger charge is -2.38. The molecule has 0 radical (unpaired) electrons. The van der Waals surface area contributed by atoms with Gasteiger partial charge >= 0.3 is 5.97 Å². The van der Waals surface area contributed by atoms with E-state index in [1.165, 1.54) is 6.07 Å². The zero-order valence-corrected chi connectivity index (χ0v) is 12.6. The lowest BCUT2D eigenvalue weighted by atomic mass is 9.82. The van der Waals surface area contributed by atoms with Crippen LogP contribution in [0.3, 0.4) is 0 Å². The second-order valence-corrected chi connectivity index (χ2v) is 6.20. The van der Waals surface area contributed by atoms with Crippen molar-refractivity contribution in [3.8, 4) is 0 Å². The molecular weight excluding hydrogens is 328 g/mol. The molecule has 0 amide bonds. The Kier molecular flexibility index (Phi) is 3.99. The van der Waals surface area contributed by atoms with Gasteiger partial charge in [-0.05, 0) is 31.9 Å². The predicted octanol–water partition coefficient (Wildman–Crippen LogP) is 3.05. The number of carbonyl (C=O) groups is 1. The zero-order valence-electron chi connectivity index (χ0n) is 11.0. The lowest BCUT2D eigenvalue weighted by molar-refractivity contribution is -0.384. The van der Waals surface area contributed by atoms with Gasteiger partial charge in [0, 0.05) is 23.6 Å². The number of benzene rings is 1. The van der Waals surface area contributed by atoms with Crippen LogP contribution in [0.4, 0.5) is 11.4 Å². The molecular formula is C13H15BrN2O4. The van der Waals surface area contributed by atoms with Crippen molar-refractivity contribution < 1.29 is 14.8 Å². The van der Waals surface area contributed by atoms with E-state index in [4.69, 9.17) is 0 Å². The van der Waals surface area contributed by atoms with Crippen molar-refractivity contribution in [3.05, 3.63) is 32.8 Å². The summed E-state index contributed by atoms with van der Waals surface area (Å²) in [5.74, 6) is -0.859. The molecule has 1 aliphatic heterocycles. The van der Waals surface area contributed by atoms with E-state index in [2.05, 4.69) is 15.9 Å². The third-order valence-electron chi connectivity index (χ3n) is 3.69. The first kappa shape index (κ1) is 14.8. The number of nitro groups is 1. The summed E-state index contributed by atoms with van der Waals surface area (Å²) in [7, 11) is 0. The molecule has 0 aliphatic carbocycles. The van der Waals surface area contributed by atoms with Gasteiger partial charge in [0.25, 0.3) is 5.69 Å². The highest BCUT2D eigenvalue weighted by atomic mass is 79.9. The van der Waals surface area contributed by atoms with Crippen molar-refractivity contribution in [1.29, 1.82) is 0 Å². The van der Waals surface area contributed by atoms with E-state index < -0.39 is 16.3 Å². The van der Waals surface area contributed by atoms with Crippen LogP contribution < -0.4 is 4.90 Å². The molecule has 0 spiro atoms. The molecule has 1 atom stereocenters. The second kappa shape index (κ2) is 5.40. The van der Waals surface area contributed by atoms with Gasteiger partial charge in [0.2, 0.25) is 0 Å². The number of carboxylic acid groups (broad SMARTS) is 1. The molecule has 1 aliphatic rings. The Morgan fingerprint density at radius 1 is 1.55 bits per heavy atom. The van der Waals surface area contributed by atoms with Crippen LogP contribution in [0.15, 0.2) is 22.7 Å². The number of carboxylic acids is 1. The van der Waals surface area contributed by atoms with E-state index in [1.807, 2.05) is 0 Å². The Morgan fingerprint density at radius 2 is 2.25 bits per heavy atom. The molecule has 108 valence electrons. The molecule has 1 fully saturated rings. The number of hydrogen-bond acceptors (Lipinski definition) is 4. The maximum absolute atomic E-state index is 11.4. The molecule has 1 aromatic carbocycles. The molecule has 0 saturated carbocycles. The van der Waals surface area contributed by atoms with Crippen molar-refractivity contribution >= 4 is 33.3 Å². The molecule has 1 heterocycles. The fraction of sp³-hybridized carbons (Fsp3) is 0.462. The SMILES string of the molecule is CC1(C(=O)O)CCCN(c2ccc(Br)cc2[N+](=O)[O-])C1. The summed E-state index contributed by atoms with van der Waals surface area (Å²) in [5, 5.41) is 20.5. The normalized spacial score (nSPS) is 22.6. The Bertz CT molecular complexity index is 563. The number of aliphatic carboxylic acids is 1. The van der Waals surface area contributed by atoms with Crippen molar-refractivity contribution in [2.24, 2.45) is 5.41 Å². The average molecular weight is 343 g/mol. The summed E-state index contributed by atoms with van der Waals surface area (Å²) in [6, 6.07) is 4.84.